The van der Waals surface area contributed by atoms with E-state index >= 15 is 0 Å². The molecule has 0 radical (unpaired) electrons. The van der Waals surface area contributed by atoms with Gasteiger partial charge in [-0.05, 0) is 36.1 Å². The molecule has 2 aliphatic rings. The SMILES string of the molecule is Clc1ccc2c(c1)C1(CC1)CNC2. The first kappa shape index (κ1) is 7.84. The highest BCUT2D eigenvalue weighted by Crippen LogP contribution is 2.50. The largest absolute Gasteiger partial charge is 0.312 e. The molecule has 2 heteroatoms. The minimum Gasteiger partial charge on any atom is -0.312 e. The topological polar surface area (TPSA) is 12.0 Å². The van der Waals surface area contributed by atoms with Gasteiger partial charge in [-0.1, -0.05) is 17.7 Å². The molecule has 0 atom stereocenters. The van der Waals surface area contributed by atoms with Crippen LogP contribution in [0.5, 0.6) is 0 Å². The standard InChI is InChI=1S/C11H12ClN/c12-9-2-1-8-6-13-7-11(3-4-11)10(8)5-9/h1-2,5,13H,3-4,6-7H2. The maximum absolute atomic E-state index is 6.01. The van der Waals surface area contributed by atoms with E-state index in [1.165, 1.54) is 24.0 Å². The lowest BCUT2D eigenvalue weighted by Gasteiger charge is -2.26. The Kier molecular flexibility index (Phi) is 1.50. The lowest BCUT2D eigenvalue weighted by molar-refractivity contribution is 0.531. The number of halogens is 1. The van der Waals surface area contributed by atoms with Crippen LogP contribution in [0.4, 0.5) is 0 Å². The van der Waals surface area contributed by atoms with Gasteiger partial charge in [-0.2, -0.15) is 0 Å². The molecule has 0 unspecified atom stereocenters. The second-order valence-electron chi connectivity index (χ2n) is 4.19. The first-order valence-corrected chi connectivity index (χ1v) is 5.18. The number of hydrogen-bond donors (Lipinski definition) is 1. The predicted molar refractivity (Wildman–Crippen MR) is 54.1 cm³/mol. The maximum Gasteiger partial charge on any atom is 0.0409 e. The van der Waals surface area contributed by atoms with Gasteiger partial charge in [0.05, 0.1) is 0 Å². The predicted octanol–water partition coefficient (Wildman–Crippen LogP) is 2.47. The van der Waals surface area contributed by atoms with Crippen LogP contribution >= 0.6 is 11.6 Å². The van der Waals surface area contributed by atoms with Crippen molar-refractivity contribution in [1.82, 2.24) is 5.32 Å². The summed E-state index contributed by atoms with van der Waals surface area (Å²) in [6.07, 6.45) is 2.65. The number of rotatable bonds is 0. The number of hydrogen-bond acceptors (Lipinski definition) is 1. The third-order valence-electron chi connectivity index (χ3n) is 3.28. The highest BCUT2D eigenvalue weighted by Gasteiger charge is 2.46. The zero-order chi connectivity index (χ0) is 8.89. The molecule has 0 saturated heterocycles. The molecule has 1 spiro atoms. The Morgan fingerprint density at radius 3 is 2.92 bits per heavy atom. The zero-order valence-corrected chi connectivity index (χ0v) is 8.19. The van der Waals surface area contributed by atoms with E-state index in [9.17, 15) is 0 Å². The maximum atomic E-state index is 6.01. The number of fused-ring (bicyclic) bond motifs is 2. The van der Waals surface area contributed by atoms with Gasteiger partial charge in [0.1, 0.15) is 0 Å². The van der Waals surface area contributed by atoms with Crippen LogP contribution in [0.25, 0.3) is 0 Å². The molecule has 1 aromatic rings. The summed E-state index contributed by atoms with van der Waals surface area (Å²) in [4.78, 5) is 0. The molecule has 1 fully saturated rings. The van der Waals surface area contributed by atoms with Gasteiger partial charge >= 0.3 is 0 Å². The summed E-state index contributed by atoms with van der Waals surface area (Å²) >= 11 is 6.01. The molecule has 1 nitrogen and oxygen atoms in total. The van der Waals surface area contributed by atoms with Crippen LogP contribution in [-0.2, 0) is 12.0 Å². The van der Waals surface area contributed by atoms with Gasteiger partial charge in [0.25, 0.3) is 0 Å². The van der Waals surface area contributed by atoms with Crippen molar-refractivity contribution >= 4 is 11.6 Å². The van der Waals surface area contributed by atoms with Gasteiger partial charge in [0.2, 0.25) is 0 Å². The van der Waals surface area contributed by atoms with E-state index < -0.39 is 0 Å². The summed E-state index contributed by atoms with van der Waals surface area (Å²) in [5, 5.41) is 4.35. The summed E-state index contributed by atoms with van der Waals surface area (Å²) in [5.41, 5.74) is 3.39. The van der Waals surface area contributed by atoms with E-state index in [0.717, 1.165) is 18.1 Å². The third-order valence-corrected chi connectivity index (χ3v) is 3.51. The second-order valence-corrected chi connectivity index (χ2v) is 4.62. The van der Waals surface area contributed by atoms with Crippen molar-refractivity contribution in [3.8, 4) is 0 Å². The molecule has 1 heterocycles. The van der Waals surface area contributed by atoms with Gasteiger partial charge in [-0.15, -0.1) is 0 Å². The monoisotopic (exact) mass is 193 g/mol. The molecule has 1 aliphatic carbocycles. The fourth-order valence-electron chi connectivity index (χ4n) is 2.33. The average Bonchev–Trinajstić information content (AvgIpc) is 2.88. The molecule has 1 aromatic carbocycles. The minimum atomic E-state index is 0.457. The first-order valence-electron chi connectivity index (χ1n) is 4.80. The van der Waals surface area contributed by atoms with Crippen LogP contribution in [0.1, 0.15) is 24.0 Å². The first-order chi connectivity index (χ1) is 6.30. The lowest BCUT2D eigenvalue weighted by atomic mass is 9.88. The van der Waals surface area contributed by atoms with Crippen LogP contribution in [0.15, 0.2) is 18.2 Å². The van der Waals surface area contributed by atoms with Crippen LogP contribution < -0.4 is 5.32 Å². The van der Waals surface area contributed by atoms with Gasteiger partial charge in [-0.25, -0.2) is 0 Å². The summed E-state index contributed by atoms with van der Waals surface area (Å²) in [7, 11) is 0. The number of nitrogens with one attached hydrogen (secondary N) is 1. The van der Waals surface area contributed by atoms with Gasteiger partial charge in [0.15, 0.2) is 0 Å². The number of benzene rings is 1. The minimum absolute atomic E-state index is 0.457. The normalized spacial score (nSPS) is 22.8. The van der Waals surface area contributed by atoms with E-state index in [2.05, 4.69) is 17.4 Å². The van der Waals surface area contributed by atoms with Crippen molar-refractivity contribution in [3.63, 3.8) is 0 Å². The smallest absolute Gasteiger partial charge is 0.0409 e. The molecule has 1 saturated carbocycles. The summed E-state index contributed by atoms with van der Waals surface area (Å²) in [5.74, 6) is 0. The fraction of sp³-hybridized carbons (Fsp3) is 0.455. The molecule has 68 valence electrons. The Morgan fingerprint density at radius 2 is 2.15 bits per heavy atom. The fourth-order valence-corrected chi connectivity index (χ4v) is 2.50. The van der Waals surface area contributed by atoms with Gasteiger partial charge < -0.3 is 5.32 Å². The second kappa shape index (κ2) is 2.49. The molecular weight excluding hydrogens is 182 g/mol. The summed E-state index contributed by atoms with van der Waals surface area (Å²) < 4.78 is 0. The van der Waals surface area contributed by atoms with Crippen LogP contribution in [-0.4, -0.2) is 6.54 Å². The quantitative estimate of drug-likeness (QED) is 0.668. The van der Waals surface area contributed by atoms with Crippen molar-refractivity contribution in [2.24, 2.45) is 0 Å². The van der Waals surface area contributed by atoms with Crippen LogP contribution in [0.3, 0.4) is 0 Å². The van der Waals surface area contributed by atoms with Crippen molar-refractivity contribution in [2.75, 3.05) is 6.54 Å². The highest BCUT2D eigenvalue weighted by molar-refractivity contribution is 6.30. The van der Waals surface area contributed by atoms with E-state index in [0.29, 0.717) is 5.41 Å². The van der Waals surface area contributed by atoms with E-state index in [-0.39, 0.29) is 0 Å². The molecular formula is C11H12ClN. The molecule has 0 bridgehead atoms. The van der Waals surface area contributed by atoms with Crippen molar-refractivity contribution in [1.29, 1.82) is 0 Å². The molecule has 1 aliphatic heterocycles. The Hall–Kier alpha value is -0.530. The summed E-state index contributed by atoms with van der Waals surface area (Å²) in [6, 6.07) is 6.30. The van der Waals surface area contributed by atoms with Crippen LogP contribution in [0, 0.1) is 0 Å². The molecule has 0 aromatic heterocycles. The molecule has 3 rings (SSSR count). The molecule has 1 N–H and O–H groups in total. The Bertz CT molecular complexity index is 355. The van der Waals surface area contributed by atoms with E-state index in [4.69, 9.17) is 11.6 Å². The van der Waals surface area contributed by atoms with Gasteiger partial charge in [-0.3, -0.25) is 0 Å². The van der Waals surface area contributed by atoms with Gasteiger partial charge in [0, 0.05) is 23.5 Å². The van der Waals surface area contributed by atoms with E-state index in [1.54, 1.807) is 0 Å². The molecule has 0 amide bonds. The van der Waals surface area contributed by atoms with Crippen molar-refractivity contribution in [3.05, 3.63) is 34.3 Å². The highest BCUT2D eigenvalue weighted by atomic mass is 35.5. The molecule has 13 heavy (non-hydrogen) atoms. The summed E-state index contributed by atoms with van der Waals surface area (Å²) in [6.45, 7) is 2.15. The van der Waals surface area contributed by atoms with E-state index in [1.807, 2.05) is 6.07 Å². The van der Waals surface area contributed by atoms with Crippen molar-refractivity contribution in [2.45, 2.75) is 24.8 Å². The lowest BCUT2D eigenvalue weighted by Crippen LogP contribution is -2.33. The van der Waals surface area contributed by atoms with Crippen LogP contribution in [0.2, 0.25) is 5.02 Å². The van der Waals surface area contributed by atoms with Crippen molar-refractivity contribution < 1.29 is 0 Å². The third kappa shape index (κ3) is 1.11. The Labute approximate surface area is 83.1 Å². The zero-order valence-electron chi connectivity index (χ0n) is 7.44. The Balaban J connectivity index is 2.16. The average molecular weight is 194 g/mol. The Morgan fingerprint density at radius 1 is 1.31 bits per heavy atom.